The monoisotopic (exact) mass is 234 g/mol. The highest BCUT2D eigenvalue weighted by molar-refractivity contribution is 7.17. The lowest BCUT2D eigenvalue weighted by molar-refractivity contribution is 0.619. The van der Waals surface area contributed by atoms with Crippen molar-refractivity contribution >= 4 is 44.6 Å². The van der Waals surface area contributed by atoms with Crippen LogP contribution in [0.2, 0.25) is 5.02 Å². The lowest BCUT2D eigenvalue weighted by Crippen LogP contribution is -1.84. The van der Waals surface area contributed by atoms with Crippen molar-refractivity contribution < 1.29 is 4.39 Å². The molecule has 2 rings (SSSR count). The van der Waals surface area contributed by atoms with Crippen LogP contribution in [0.15, 0.2) is 17.5 Å². The molecule has 0 unspecified atom stereocenters. The predicted molar refractivity (Wildman–Crippen MR) is 56.4 cm³/mol. The van der Waals surface area contributed by atoms with Crippen LogP contribution in [0.3, 0.4) is 0 Å². The number of hydrogen-bond donors (Lipinski definition) is 0. The van der Waals surface area contributed by atoms with Crippen LogP contribution in [0.5, 0.6) is 0 Å². The van der Waals surface area contributed by atoms with Crippen LogP contribution in [-0.2, 0) is 5.88 Å². The average molecular weight is 235 g/mol. The molecule has 2 aromatic rings. The van der Waals surface area contributed by atoms with Gasteiger partial charge in [-0.2, -0.15) is 0 Å². The minimum atomic E-state index is -0.289. The molecule has 0 nitrogen and oxygen atoms in total. The second kappa shape index (κ2) is 3.45. The molecule has 0 saturated heterocycles. The summed E-state index contributed by atoms with van der Waals surface area (Å²) in [6, 6.07) is 3.18. The van der Waals surface area contributed by atoms with Gasteiger partial charge in [0.05, 0.1) is 10.9 Å². The lowest BCUT2D eigenvalue weighted by Gasteiger charge is -1.98. The van der Waals surface area contributed by atoms with E-state index in [2.05, 4.69) is 0 Å². The highest BCUT2D eigenvalue weighted by Gasteiger charge is 2.07. The molecule has 0 radical (unpaired) electrons. The zero-order valence-corrected chi connectivity index (χ0v) is 8.81. The third kappa shape index (κ3) is 1.54. The molecule has 1 aromatic heterocycles. The van der Waals surface area contributed by atoms with E-state index in [-0.39, 0.29) is 11.7 Å². The van der Waals surface area contributed by atoms with Crippen LogP contribution in [0.25, 0.3) is 10.1 Å². The quantitative estimate of drug-likeness (QED) is 0.641. The summed E-state index contributed by atoms with van der Waals surface area (Å²) in [5.74, 6) is -0.0973. The van der Waals surface area contributed by atoms with Gasteiger partial charge in [-0.25, -0.2) is 4.39 Å². The van der Waals surface area contributed by atoms with Gasteiger partial charge in [-0.15, -0.1) is 22.9 Å². The Morgan fingerprint density at radius 1 is 1.38 bits per heavy atom. The van der Waals surface area contributed by atoms with Crippen molar-refractivity contribution in [3.63, 3.8) is 0 Å². The van der Waals surface area contributed by atoms with E-state index in [0.717, 1.165) is 10.1 Å². The topological polar surface area (TPSA) is 0 Å². The van der Waals surface area contributed by atoms with Crippen molar-refractivity contribution in [2.75, 3.05) is 0 Å². The Hall–Kier alpha value is -0.310. The standard InChI is InChI=1S/C9H5Cl2FS/c10-3-5-1-9-6(2-8(5)12)7(11)4-13-9/h1-2,4H,3H2. The number of thiophene rings is 1. The largest absolute Gasteiger partial charge is 0.207 e. The van der Waals surface area contributed by atoms with E-state index < -0.39 is 0 Å². The molecule has 0 amide bonds. The SMILES string of the molecule is Fc1cc2c(Cl)csc2cc1CCl. The zero-order valence-electron chi connectivity index (χ0n) is 6.48. The molecule has 68 valence electrons. The van der Waals surface area contributed by atoms with Crippen LogP contribution in [0.1, 0.15) is 5.56 Å². The third-order valence-corrected chi connectivity index (χ3v) is 3.51. The fraction of sp³-hybridized carbons (Fsp3) is 0.111. The first-order chi connectivity index (χ1) is 6.22. The number of hydrogen-bond acceptors (Lipinski definition) is 1. The molecule has 0 spiro atoms. The Kier molecular flexibility index (Phi) is 2.45. The number of rotatable bonds is 1. The van der Waals surface area contributed by atoms with E-state index in [1.807, 2.05) is 0 Å². The molecule has 4 heteroatoms. The fourth-order valence-electron chi connectivity index (χ4n) is 1.16. The van der Waals surface area contributed by atoms with E-state index in [1.165, 1.54) is 17.4 Å². The number of halogens is 3. The molecule has 13 heavy (non-hydrogen) atoms. The number of fused-ring (bicyclic) bond motifs is 1. The molecule has 1 aromatic carbocycles. The molecular formula is C9H5Cl2FS. The van der Waals surface area contributed by atoms with Gasteiger partial charge in [0.25, 0.3) is 0 Å². The predicted octanol–water partition coefficient (Wildman–Crippen LogP) is 4.43. The average Bonchev–Trinajstić information content (AvgIpc) is 2.47. The van der Waals surface area contributed by atoms with Gasteiger partial charge in [0.15, 0.2) is 0 Å². The highest BCUT2D eigenvalue weighted by Crippen LogP contribution is 2.32. The van der Waals surface area contributed by atoms with Crippen LogP contribution in [-0.4, -0.2) is 0 Å². The Labute approximate surface area is 88.9 Å². The maximum atomic E-state index is 13.2. The van der Waals surface area contributed by atoms with Crippen molar-refractivity contribution in [1.82, 2.24) is 0 Å². The highest BCUT2D eigenvalue weighted by atomic mass is 35.5. The Morgan fingerprint density at radius 3 is 2.85 bits per heavy atom. The summed E-state index contributed by atoms with van der Waals surface area (Å²) in [6.45, 7) is 0. The van der Waals surface area contributed by atoms with Gasteiger partial charge in [0.1, 0.15) is 5.82 Å². The molecule has 0 fully saturated rings. The first-order valence-electron chi connectivity index (χ1n) is 3.63. The van der Waals surface area contributed by atoms with Crippen LogP contribution >= 0.6 is 34.5 Å². The molecule has 0 N–H and O–H groups in total. The maximum Gasteiger partial charge on any atom is 0.128 e. The summed E-state index contributed by atoms with van der Waals surface area (Å²) in [6.07, 6.45) is 0. The minimum Gasteiger partial charge on any atom is -0.207 e. The second-order valence-electron chi connectivity index (χ2n) is 2.66. The summed E-state index contributed by atoms with van der Waals surface area (Å²) in [7, 11) is 0. The smallest absolute Gasteiger partial charge is 0.128 e. The van der Waals surface area contributed by atoms with Crippen molar-refractivity contribution in [2.24, 2.45) is 0 Å². The van der Waals surface area contributed by atoms with Crippen LogP contribution < -0.4 is 0 Å². The lowest BCUT2D eigenvalue weighted by atomic mass is 10.2. The van der Waals surface area contributed by atoms with Crippen LogP contribution in [0, 0.1) is 5.82 Å². The fourth-order valence-corrected chi connectivity index (χ4v) is 2.58. The number of alkyl halides is 1. The Morgan fingerprint density at radius 2 is 2.15 bits per heavy atom. The summed E-state index contributed by atoms with van der Waals surface area (Å²) in [4.78, 5) is 0. The Bertz CT molecular complexity index is 450. The zero-order chi connectivity index (χ0) is 9.42. The van der Waals surface area contributed by atoms with Crippen molar-refractivity contribution in [3.8, 4) is 0 Å². The van der Waals surface area contributed by atoms with Gasteiger partial charge in [0, 0.05) is 21.0 Å². The second-order valence-corrected chi connectivity index (χ2v) is 4.24. The van der Waals surface area contributed by atoms with Crippen molar-refractivity contribution in [1.29, 1.82) is 0 Å². The van der Waals surface area contributed by atoms with E-state index in [4.69, 9.17) is 23.2 Å². The van der Waals surface area contributed by atoms with E-state index in [9.17, 15) is 4.39 Å². The maximum absolute atomic E-state index is 13.2. The summed E-state index contributed by atoms with van der Waals surface area (Å²) in [5.41, 5.74) is 0.521. The van der Waals surface area contributed by atoms with Crippen molar-refractivity contribution in [3.05, 3.63) is 33.9 Å². The van der Waals surface area contributed by atoms with Gasteiger partial charge in [-0.05, 0) is 12.1 Å². The van der Waals surface area contributed by atoms with Gasteiger partial charge in [-0.3, -0.25) is 0 Å². The minimum absolute atomic E-state index is 0.192. The molecule has 0 bridgehead atoms. The van der Waals surface area contributed by atoms with Crippen molar-refractivity contribution in [2.45, 2.75) is 5.88 Å². The summed E-state index contributed by atoms with van der Waals surface area (Å²) < 4.78 is 14.2. The molecule has 0 aliphatic carbocycles. The molecular weight excluding hydrogens is 230 g/mol. The normalized spacial score (nSPS) is 11.0. The third-order valence-electron chi connectivity index (χ3n) is 1.84. The summed E-state index contributed by atoms with van der Waals surface area (Å²) >= 11 is 12.9. The van der Waals surface area contributed by atoms with Gasteiger partial charge >= 0.3 is 0 Å². The molecule has 0 saturated carbocycles. The van der Waals surface area contributed by atoms with Gasteiger partial charge in [0.2, 0.25) is 0 Å². The summed E-state index contributed by atoms with van der Waals surface area (Å²) in [5, 5.41) is 3.15. The Balaban J connectivity index is 2.76. The molecule has 0 aliphatic rings. The number of benzene rings is 1. The van der Waals surface area contributed by atoms with E-state index in [1.54, 1.807) is 11.4 Å². The van der Waals surface area contributed by atoms with E-state index in [0.29, 0.717) is 10.6 Å². The molecule has 0 atom stereocenters. The first kappa shape index (κ1) is 9.25. The first-order valence-corrected chi connectivity index (χ1v) is 5.42. The molecule has 1 heterocycles. The van der Waals surface area contributed by atoms with Gasteiger partial charge in [-0.1, -0.05) is 11.6 Å². The van der Waals surface area contributed by atoms with Gasteiger partial charge < -0.3 is 0 Å². The van der Waals surface area contributed by atoms with Crippen LogP contribution in [0.4, 0.5) is 4.39 Å². The molecule has 0 aliphatic heterocycles. The van der Waals surface area contributed by atoms with E-state index >= 15 is 0 Å².